The average Bonchev–Trinajstić information content (AvgIpc) is 3.41. The molecule has 7 heteroatoms. The molecule has 3 heterocycles. The number of anilines is 2. The van der Waals surface area contributed by atoms with Crippen LogP contribution in [0.1, 0.15) is 23.7 Å². The fraction of sp³-hybridized carbons (Fsp3) is 0.172. The quantitative estimate of drug-likeness (QED) is 0.329. The van der Waals surface area contributed by atoms with Gasteiger partial charge in [0.1, 0.15) is 5.01 Å². The van der Waals surface area contributed by atoms with Crippen LogP contribution >= 0.6 is 11.3 Å². The van der Waals surface area contributed by atoms with E-state index in [1.807, 2.05) is 54.8 Å². The molecule has 182 valence electrons. The van der Waals surface area contributed by atoms with Crippen molar-refractivity contribution in [1.29, 1.82) is 0 Å². The Kier molecular flexibility index (Phi) is 7.11. The third-order valence-electron chi connectivity index (χ3n) is 6.13. The highest BCUT2D eigenvalue weighted by Gasteiger charge is 2.14. The number of aromatic nitrogens is 2. The number of nitrogens with one attached hydrogen (secondary N) is 2. The van der Waals surface area contributed by atoms with E-state index >= 15 is 0 Å². The Balaban J connectivity index is 1.36. The summed E-state index contributed by atoms with van der Waals surface area (Å²) >= 11 is 1.61. The van der Waals surface area contributed by atoms with Crippen molar-refractivity contribution in [3.63, 3.8) is 0 Å². The van der Waals surface area contributed by atoms with Crippen LogP contribution in [0.15, 0.2) is 83.6 Å². The first-order valence-corrected chi connectivity index (χ1v) is 12.8. The van der Waals surface area contributed by atoms with Crippen molar-refractivity contribution >= 4 is 40.1 Å². The van der Waals surface area contributed by atoms with Crippen molar-refractivity contribution < 1.29 is 4.74 Å². The molecule has 2 N–H and O–H groups in total. The number of H-pyrrole nitrogens is 1. The normalized spacial score (nSPS) is 14.0. The lowest BCUT2D eigenvalue weighted by atomic mass is 10.0. The smallest absolute Gasteiger partial charge is 0.257 e. The first-order valence-electron chi connectivity index (χ1n) is 11.9. The lowest BCUT2D eigenvalue weighted by Crippen LogP contribution is -2.36. The molecule has 0 atom stereocenters. The zero-order valence-electron chi connectivity index (χ0n) is 20.2. The molecular weight excluding hydrogens is 468 g/mol. The number of benzene rings is 2. The molecule has 6 nitrogen and oxygen atoms in total. The standard InChI is InChI=1S/C29H28N4O2S/c1-20(26-19-36-29(32-26)22-6-4-3-5-7-22)18-23-12-13-30-28(34)27(23)21(2)31-24-8-10-25(11-9-24)33-14-16-35-17-15-33/h3-13,18-19,31H,2,14-17H2,1H3,(H,30,34)/b20-18+. The summed E-state index contributed by atoms with van der Waals surface area (Å²) in [6, 6.07) is 20.2. The van der Waals surface area contributed by atoms with Crippen LogP contribution in [0.25, 0.3) is 27.9 Å². The Hall–Kier alpha value is -3.94. The summed E-state index contributed by atoms with van der Waals surface area (Å²) in [5.74, 6) is 0. The molecule has 1 aliphatic rings. The van der Waals surface area contributed by atoms with E-state index < -0.39 is 0 Å². The molecule has 0 saturated carbocycles. The summed E-state index contributed by atoms with van der Waals surface area (Å²) in [5.41, 5.74) is 6.63. The highest BCUT2D eigenvalue weighted by atomic mass is 32.1. The molecule has 2 aromatic heterocycles. The number of allylic oxidation sites excluding steroid dienone is 1. The fourth-order valence-corrected chi connectivity index (χ4v) is 5.10. The van der Waals surface area contributed by atoms with Gasteiger partial charge in [-0.3, -0.25) is 4.79 Å². The van der Waals surface area contributed by atoms with Crippen molar-refractivity contribution in [2.24, 2.45) is 0 Å². The lowest BCUT2D eigenvalue weighted by Gasteiger charge is -2.29. The second-order valence-electron chi connectivity index (χ2n) is 8.62. The van der Waals surface area contributed by atoms with Gasteiger partial charge in [0.25, 0.3) is 5.56 Å². The van der Waals surface area contributed by atoms with Gasteiger partial charge in [-0.2, -0.15) is 0 Å². The second kappa shape index (κ2) is 10.8. The monoisotopic (exact) mass is 496 g/mol. The number of hydrogen-bond donors (Lipinski definition) is 2. The van der Waals surface area contributed by atoms with Crippen LogP contribution in [0.3, 0.4) is 0 Å². The number of morpholine rings is 1. The SMILES string of the molecule is C=C(Nc1ccc(N2CCOCC2)cc1)c1c(/C=C(\C)c2csc(-c3ccccc3)n2)cc[nH]c1=O. The minimum atomic E-state index is -0.192. The van der Waals surface area contributed by atoms with E-state index in [1.54, 1.807) is 17.5 Å². The third-order valence-corrected chi connectivity index (χ3v) is 7.03. The Morgan fingerprint density at radius 3 is 2.61 bits per heavy atom. The number of hydrogen-bond acceptors (Lipinski definition) is 6. The number of pyridine rings is 1. The van der Waals surface area contributed by atoms with E-state index in [0.29, 0.717) is 11.3 Å². The molecule has 1 aliphatic heterocycles. The predicted octanol–water partition coefficient (Wildman–Crippen LogP) is 5.98. The summed E-state index contributed by atoms with van der Waals surface area (Å²) in [6.45, 7) is 9.46. The summed E-state index contributed by atoms with van der Waals surface area (Å²) in [4.78, 5) is 22.7. The van der Waals surface area contributed by atoms with E-state index in [9.17, 15) is 4.79 Å². The number of nitrogens with zero attached hydrogens (tertiary/aromatic N) is 2. The van der Waals surface area contributed by atoms with E-state index in [4.69, 9.17) is 9.72 Å². The summed E-state index contributed by atoms with van der Waals surface area (Å²) in [5, 5.41) is 6.32. The fourth-order valence-electron chi connectivity index (χ4n) is 4.21. The second-order valence-corrected chi connectivity index (χ2v) is 9.48. The highest BCUT2D eigenvalue weighted by molar-refractivity contribution is 7.13. The van der Waals surface area contributed by atoms with Gasteiger partial charge in [-0.05, 0) is 54.5 Å². The van der Waals surface area contributed by atoms with Gasteiger partial charge in [-0.15, -0.1) is 11.3 Å². The van der Waals surface area contributed by atoms with Crippen LogP contribution in [0.5, 0.6) is 0 Å². The van der Waals surface area contributed by atoms with E-state index in [1.165, 1.54) is 0 Å². The molecule has 0 aliphatic carbocycles. The maximum Gasteiger partial charge on any atom is 0.257 e. The summed E-state index contributed by atoms with van der Waals surface area (Å²) in [6.07, 6.45) is 3.65. The van der Waals surface area contributed by atoms with E-state index in [0.717, 1.165) is 65.1 Å². The Morgan fingerprint density at radius 2 is 1.86 bits per heavy atom. The van der Waals surface area contributed by atoms with Crippen molar-refractivity contribution in [2.75, 3.05) is 36.5 Å². The number of aromatic amines is 1. The first-order chi connectivity index (χ1) is 17.6. The molecular formula is C29H28N4O2S. The molecule has 2 aromatic carbocycles. The summed E-state index contributed by atoms with van der Waals surface area (Å²) < 4.78 is 5.44. The topological polar surface area (TPSA) is 70.2 Å². The Labute approximate surface area is 214 Å². The van der Waals surface area contributed by atoms with Crippen LogP contribution in [0, 0.1) is 0 Å². The van der Waals surface area contributed by atoms with Crippen LogP contribution in [0.2, 0.25) is 0 Å². The van der Waals surface area contributed by atoms with Crippen LogP contribution in [-0.4, -0.2) is 36.3 Å². The van der Waals surface area contributed by atoms with Gasteiger partial charge in [0.15, 0.2) is 0 Å². The number of thiazole rings is 1. The summed E-state index contributed by atoms with van der Waals surface area (Å²) in [7, 11) is 0. The molecule has 1 saturated heterocycles. The lowest BCUT2D eigenvalue weighted by molar-refractivity contribution is 0.122. The molecule has 0 amide bonds. The van der Waals surface area contributed by atoms with Gasteiger partial charge in [0.05, 0.1) is 24.5 Å². The van der Waals surface area contributed by atoms with Gasteiger partial charge in [0, 0.05) is 47.3 Å². The predicted molar refractivity (Wildman–Crippen MR) is 150 cm³/mol. The molecule has 5 rings (SSSR count). The largest absolute Gasteiger partial charge is 0.378 e. The van der Waals surface area contributed by atoms with Crippen LogP contribution in [0.4, 0.5) is 11.4 Å². The maximum absolute atomic E-state index is 12.8. The van der Waals surface area contributed by atoms with Gasteiger partial charge in [-0.1, -0.05) is 36.9 Å². The van der Waals surface area contributed by atoms with E-state index in [2.05, 4.69) is 46.0 Å². The first kappa shape index (κ1) is 23.8. The number of ether oxygens (including phenoxy) is 1. The maximum atomic E-state index is 12.8. The number of rotatable bonds is 7. The zero-order valence-corrected chi connectivity index (χ0v) is 21.0. The van der Waals surface area contributed by atoms with Crippen molar-refractivity contribution in [2.45, 2.75) is 6.92 Å². The zero-order chi connectivity index (χ0) is 24.9. The van der Waals surface area contributed by atoms with Crippen molar-refractivity contribution in [1.82, 2.24) is 9.97 Å². The van der Waals surface area contributed by atoms with E-state index in [-0.39, 0.29) is 5.56 Å². The van der Waals surface area contributed by atoms with Gasteiger partial charge < -0.3 is 19.9 Å². The molecule has 36 heavy (non-hydrogen) atoms. The van der Waals surface area contributed by atoms with Gasteiger partial charge in [0.2, 0.25) is 0 Å². The minimum Gasteiger partial charge on any atom is -0.378 e. The average molecular weight is 497 g/mol. The molecule has 0 radical (unpaired) electrons. The molecule has 1 fully saturated rings. The highest BCUT2D eigenvalue weighted by Crippen LogP contribution is 2.28. The Bertz CT molecular complexity index is 1430. The molecule has 0 unspecified atom stereocenters. The van der Waals surface area contributed by atoms with Crippen molar-refractivity contribution in [3.05, 3.63) is 106 Å². The molecule has 0 spiro atoms. The third kappa shape index (κ3) is 5.32. The van der Waals surface area contributed by atoms with Crippen LogP contribution in [-0.2, 0) is 4.74 Å². The molecule has 0 bridgehead atoms. The van der Waals surface area contributed by atoms with Crippen LogP contribution < -0.4 is 15.8 Å². The minimum absolute atomic E-state index is 0.192. The van der Waals surface area contributed by atoms with Gasteiger partial charge >= 0.3 is 0 Å². The van der Waals surface area contributed by atoms with Gasteiger partial charge in [-0.25, -0.2) is 4.98 Å². The molecule has 4 aromatic rings. The Morgan fingerprint density at radius 1 is 1.11 bits per heavy atom. The van der Waals surface area contributed by atoms with Crippen molar-refractivity contribution in [3.8, 4) is 10.6 Å².